The van der Waals surface area contributed by atoms with Gasteiger partial charge in [0, 0.05) is 35.5 Å². The van der Waals surface area contributed by atoms with Crippen LogP contribution < -0.4 is 26.8 Å². The molecule has 26 heteroatoms. The quantitative estimate of drug-likeness (QED) is 0.0300. The lowest BCUT2D eigenvalue weighted by Gasteiger charge is -2.38. The number of aromatic nitrogens is 2. The topological polar surface area (TPSA) is 353 Å². The van der Waals surface area contributed by atoms with E-state index in [0.717, 1.165) is 27.2 Å². The van der Waals surface area contributed by atoms with Gasteiger partial charge in [-0.25, -0.2) is 23.8 Å². The highest BCUT2D eigenvalue weighted by Crippen LogP contribution is 2.47. The Morgan fingerprint density at radius 1 is 0.932 bits per heavy atom. The number of nitrogens with zero attached hydrogens (tertiary/aromatic N) is 3. The fraction of sp³-hybridized carbons (Fsp3) is 0.468. The zero-order chi connectivity index (χ0) is 63.4. The van der Waals surface area contributed by atoms with Gasteiger partial charge in [0.15, 0.2) is 18.0 Å². The molecule has 0 unspecified atom stereocenters. The van der Waals surface area contributed by atoms with Crippen molar-refractivity contribution in [3.05, 3.63) is 121 Å². The van der Waals surface area contributed by atoms with E-state index in [1.54, 1.807) is 47.6 Å². The van der Waals surface area contributed by atoms with Crippen molar-refractivity contribution in [3.63, 3.8) is 0 Å². The number of pyridine rings is 2. The van der Waals surface area contributed by atoms with Gasteiger partial charge in [-0.1, -0.05) is 69.3 Å². The number of aliphatic hydroxyl groups is 4. The Bertz CT molecular complexity index is 3680. The molecule has 3 aromatic carbocycles. The molecule has 5 heterocycles. The summed E-state index contributed by atoms with van der Waals surface area (Å²) in [6, 6.07) is 14.6. The second-order valence-electron chi connectivity index (χ2n) is 23.9. The summed E-state index contributed by atoms with van der Waals surface area (Å²) in [6.45, 7) is 6.96. The van der Waals surface area contributed by atoms with Crippen molar-refractivity contribution in [1.29, 1.82) is 0 Å². The molecule has 0 spiro atoms. The van der Waals surface area contributed by atoms with Gasteiger partial charge in [0.2, 0.25) is 23.6 Å². The van der Waals surface area contributed by atoms with Gasteiger partial charge in [0.1, 0.15) is 62.7 Å². The Kier molecular flexibility index (Phi) is 17.7. The third-order valence-corrected chi connectivity index (χ3v) is 17.3. The Morgan fingerprint density at radius 3 is 2.27 bits per heavy atom. The van der Waals surface area contributed by atoms with Crippen molar-refractivity contribution in [1.82, 2.24) is 35.7 Å². The average molecular weight is 1220 g/mol. The van der Waals surface area contributed by atoms with Gasteiger partial charge in [-0.15, -0.1) is 0 Å². The van der Waals surface area contributed by atoms with Crippen LogP contribution in [0.15, 0.2) is 65.5 Å². The Labute approximate surface area is 503 Å². The van der Waals surface area contributed by atoms with Gasteiger partial charge in [-0.2, -0.15) is 0 Å². The molecule has 5 aliphatic rings. The number of amides is 5. The van der Waals surface area contributed by atoms with Gasteiger partial charge in [0.05, 0.1) is 53.7 Å². The number of carbonyl (C=O) groups excluding carboxylic acids is 6. The number of aliphatic carboxylic acids is 1. The highest BCUT2D eigenvalue weighted by molar-refractivity contribution is 5.95. The molecule has 5 aromatic rings. The van der Waals surface area contributed by atoms with Crippen LogP contribution in [0.25, 0.3) is 33.4 Å². The molecular weight excluding hydrogens is 1150 g/mol. The van der Waals surface area contributed by atoms with Crippen molar-refractivity contribution in [2.75, 3.05) is 40.1 Å². The molecule has 468 valence electrons. The number of hydrogen-bond acceptors (Lipinski definition) is 18. The van der Waals surface area contributed by atoms with Crippen molar-refractivity contribution in [2.45, 2.75) is 134 Å². The summed E-state index contributed by atoms with van der Waals surface area (Å²) in [4.78, 5) is 114. The minimum absolute atomic E-state index is 0.00669. The fourth-order valence-electron chi connectivity index (χ4n) is 12.2. The predicted octanol–water partition coefficient (Wildman–Crippen LogP) is 2.16. The fourth-order valence-corrected chi connectivity index (χ4v) is 12.2. The molecule has 1 fully saturated rings. The molecule has 25 nitrogen and oxygen atoms in total. The maximum absolute atomic E-state index is 15.6. The third kappa shape index (κ3) is 11.6. The van der Waals surface area contributed by atoms with Crippen molar-refractivity contribution in [3.8, 4) is 22.5 Å². The molecule has 0 bridgehead atoms. The molecule has 2 aliphatic carbocycles. The zero-order valence-corrected chi connectivity index (χ0v) is 49.4. The van der Waals surface area contributed by atoms with Crippen LogP contribution in [0.4, 0.5) is 9.18 Å². The van der Waals surface area contributed by atoms with Crippen molar-refractivity contribution in [2.24, 2.45) is 11.3 Å². The Hall–Kier alpha value is -8.24. The highest BCUT2D eigenvalue weighted by atomic mass is 19.1. The molecule has 0 saturated carbocycles. The smallest absolute Gasteiger partial charge is 0.409 e. The first-order valence-corrected chi connectivity index (χ1v) is 28.9. The lowest BCUT2D eigenvalue weighted by atomic mass is 9.81. The van der Waals surface area contributed by atoms with Crippen LogP contribution in [-0.2, 0) is 77.6 Å². The molecule has 9 N–H and O–H groups in total. The summed E-state index contributed by atoms with van der Waals surface area (Å²) in [5, 5.41) is 63.9. The summed E-state index contributed by atoms with van der Waals surface area (Å²) in [5.41, 5.74) is 3.50. The number of carboxylic acids is 1. The number of nitrogens with one attached hydrogen (secondary N) is 4. The second-order valence-corrected chi connectivity index (χ2v) is 23.9. The van der Waals surface area contributed by atoms with Gasteiger partial charge in [-0.05, 0) is 91.0 Å². The van der Waals surface area contributed by atoms with E-state index in [1.807, 2.05) is 48.5 Å². The van der Waals surface area contributed by atoms with E-state index in [1.165, 1.54) is 17.7 Å². The van der Waals surface area contributed by atoms with E-state index in [0.29, 0.717) is 51.9 Å². The summed E-state index contributed by atoms with van der Waals surface area (Å²) in [7, 11) is 1.35. The van der Waals surface area contributed by atoms with Crippen LogP contribution in [0.2, 0.25) is 0 Å². The van der Waals surface area contributed by atoms with E-state index >= 15 is 4.39 Å². The molecule has 88 heavy (non-hydrogen) atoms. The maximum atomic E-state index is 15.6. The maximum Gasteiger partial charge on any atom is 0.409 e. The van der Waals surface area contributed by atoms with E-state index < -0.39 is 139 Å². The number of fused-ring (bicyclic) bond motifs is 8. The minimum Gasteiger partial charge on any atom is -0.479 e. The molecule has 3 aliphatic heterocycles. The minimum atomic E-state index is -2.09. The van der Waals surface area contributed by atoms with Crippen LogP contribution in [-0.4, -0.2) is 165 Å². The van der Waals surface area contributed by atoms with E-state index in [4.69, 9.17) is 28.7 Å². The van der Waals surface area contributed by atoms with Gasteiger partial charge in [-0.3, -0.25) is 24.0 Å². The zero-order valence-electron chi connectivity index (χ0n) is 49.4. The number of carbonyl (C=O) groups is 7. The molecule has 9 atom stereocenters. The van der Waals surface area contributed by atoms with E-state index in [-0.39, 0.29) is 55.3 Å². The summed E-state index contributed by atoms with van der Waals surface area (Å²) < 4.78 is 44.7. The Balaban J connectivity index is 0.802. The number of aliphatic hydroxyl groups excluding tert-OH is 3. The van der Waals surface area contributed by atoms with E-state index in [2.05, 4.69) is 21.3 Å². The van der Waals surface area contributed by atoms with Crippen molar-refractivity contribution >= 4 is 52.6 Å². The number of halogens is 1. The van der Waals surface area contributed by atoms with Gasteiger partial charge < -0.3 is 80.0 Å². The first-order chi connectivity index (χ1) is 41.8. The number of benzene rings is 3. The first-order valence-electron chi connectivity index (χ1n) is 28.9. The van der Waals surface area contributed by atoms with E-state index in [9.17, 15) is 63.9 Å². The largest absolute Gasteiger partial charge is 0.479 e. The van der Waals surface area contributed by atoms with Crippen LogP contribution in [0.3, 0.4) is 0 Å². The lowest BCUT2D eigenvalue weighted by molar-refractivity contribution is -0.294. The van der Waals surface area contributed by atoms with Crippen LogP contribution in [0.5, 0.6) is 0 Å². The molecule has 1 saturated heterocycles. The number of cyclic esters (lactones) is 1. The third-order valence-electron chi connectivity index (χ3n) is 17.3. The molecule has 10 rings (SSSR count). The second kappa shape index (κ2) is 24.7. The first kappa shape index (κ1) is 62.8. The number of aryl methyl sites for hydroxylation is 1. The van der Waals surface area contributed by atoms with Crippen LogP contribution in [0.1, 0.15) is 104 Å². The number of hydrogen-bond donors (Lipinski definition) is 9. The summed E-state index contributed by atoms with van der Waals surface area (Å²) in [5.74, 6) is -7.16. The molecular formula is C62H70FN7O18. The molecule has 5 amide bonds. The Morgan fingerprint density at radius 2 is 1.61 bits per heavy atom. The normalized spacial score (nSPS) is 22.3. The predicted molar refractivity (Wildman–Crippen MR) is 308 cm³/mol. The average Bonchev–Trinajstić information content (AvgIpc) is 1.89. The standard InChI is InChI=1S/C62H70FN7O18/c1-8-62(83)38-19-43-48-35(21-70(43)55(77)37(38)24-86-59(62)81)46-40(18-17-30-29(4)39(63)20-41(65-48)45(30)46)67-58(80)61(5,6)26-84-27-64-53(75)42(25-85-57-51(74)49(72)50(73)52(88-57)56(78)79)66-54(76)47(28(2)3)68-44(71)22-69(7)60(82)87-23-36-33-15-11-9-13-31(33)32-14-10-12-16-34(32)36/h9-16,19-20,28,36,40,42,47,49-52,57,72-74,83H,8,17-18,21-27H2,1-7H3,(H,64,75)(H,66,76)(H,67,80)(H,68,71)(H,78,79)/t40-,42-,47-,49-,50-,51+,52-,57+,62-/m0/s1. The number of esters is 1. The molecule has 0 radical (unpaired) electrons. The SMILES string of the molecule is CC[C@@]1(O)C(=O)OCc2c1cc1n(c2=O)Cc2c-1nc1cc(F)c(C)c3c1c2[C@@H](NC(=O)C(C)(C)COCNC(=O)[C@H](CO[C@@H]1O[C@H](C(=O)O)[C@@H](O)[C@H](O)[C@H]1O)NC(=O)[C@@H](NC(=O)CN(C)C(=O)OCC1c2ccccc2-c2ccccc21)C(C)C)CC3. The van der Waals surface area contributed by atoms with Crippen molar-refractivity contribution < 1.29 is 87.2 Å². The highest BCUT2D eigenvalue weighted by Gasteiger charge is 2.49. The number of carboxylic acid groups (broad SMARTS) is 1. The summed E-state index contributed by atoms with van der Waals surface area (Å²) in [6.07, 6.45) is -10.4. The summed E-state index contributed by atoms with van der Waals surface area (Å²) >= 11 is 0. The number of rotatable bonds is 20. The lowest BCUT2D eigenvalue weighted by Crippen LogP contribution is -2.61. The molecule has 2 aromatic heterocycles. The van der Waals surface area contributed by atoms with Gasteiger partial charge >= 0.3 is 18.0 Å². The van der Waals surface area contributed by atoms with Gasteiger partial charge in [0.25, 0.3) is 5.56 Å². The monoisotopic (exact) mass is 1220 g/mol. The van der Waals surface area contributed by atoms with Crippen LogP contribution in [0, 0.1) is 24.1 Å². The number of ether oxygens (including phenoxy) is 5. The van der Waals surface area contributed by atoms with Crippen LogP contribution >= 0.6 is 0 Å². The number of likely N-dealkylation sites (N-methyl/N-ethyl adjacent to an activating group) is 1.